The second-order valence-corrected chi connectivity index (χ2v) is 8.14. The summed E-state index contributed by atoms with van der Waals surface area (Å²) in [6.45, 7) is 4.51. The predicted octanol–water partition coefficient (Wildman–Crippen LogP) is 5.02. The maximum atomic E-state index is 12.8. The van der Waals surface area contributed by atoms with E-state index < -0.39 is 5.25 Å². The fourth-order valence-corrected chi connectivity index (χ4v) is 4.26. The van der Waals surface area contributed by atoms with Crippen molar-refractivity contribution in [1.29, 1.82) is 0 Å². The van der Waals surface area contributed by atoms with E-state index in [4.69, 9.17) is 11.6 Å². The van der Waals surface area contributed by atoms with Crippen molar-refractivity contribution >= 4 is 51.7 Å². The third kappa shape index (κ3) is 4.94. The Labute approximate surface area is 174 Å². The topological polar surface area (TPSA) is 61.8 Å². The van der Waals surface area contributed by atoms with Gasteiger partial charge < -0.3 is 5.32 Å². The number of nitrogens with zero attached hydrogens (tertiary/aromatic N) is 2. The van der Waals surface area contributed by atoms with Crippen LogP contribution in [0.4, 0.5) is 11.4 Å². The Hall–Kier alpha value is -2.31. The minimum absolute atomic E-state index is 0.0763. The lowest BCUT2D eigenvalue weighted by Gasteiger charge is -2.15. The number of rotatable bonds is 6. The van der Waals surface area contributed by atoms with Crippen LogP contribution in [0.1, 0.15) is 25.3 Å². The smallest absolute Gasteiger partial charge is 0.242 e. The molecule has 2 amide bonds. The van der Waals surface area contributed by atoms with Gasteiger partial charge in [0.25, 0.3) is 0 Å². The van der Waals surface area contributed by atoms with E-state index in [-0.39, 0.29) is 18.2 Å². The molecule has 0 aromatic heterocycles. The molecule has 146 valence electrons. The number of aryl methyl sites for hydroxylation is 1. The minimum Gasteiger partial charge on any atom is -0.326 e. The highest BCUT2D eigenvalue weighted by Gasteiger charge is 2.38. The molecule has 1 heterocycles. The first kappa shape index (κ1) is 20.4. The first-order valence-electron chi connectivity index (χ1n) is 9.15. The number of hydrogen-bond donors (Lipinski definition) is 1. The molecule has 0 spiro atoms. The van der Waals surface area contributed by atoms with Crippen LogP contribution < -0.4 is 5.32 Å². The Morgan fingerprint density at radius 2 is 2.04 bits per heavy atom. The maximum absolute atomic E-state index is 12.8. The van der Waals surface area contributed by atoms with Crippen molar-refractivity contribution in [2.75, 3.05) is 11.9 Å². The Morgan fingerprint density at radius 3 is 2.75 bits per heavy atom. The number of anilines is 1. The summed E-state index contributed by atoms with van der Waals surface area (Å²) in [4.78, 5) is 31.6. The largest absolute Gasteiger partial charge is 0.326 e. The molecule has 1 atom stereocenters. The van der Waals surface area contributed by atoms with E-state index in [9.17, 15) is 9.59 Å². The molecule has 2 aromatic rings. The normalized spacial score (nSPS) is 18.0. The molecule has 3 rings (SSSR count). The highest BCUT2D eigenvalue weighted by Crippen LogP contribution is 2.32. The molecular formula is C21H22ClN3O2S. The van der Waals surface area contributed by atoms with Crippen LogP contribution >= 0.6 is 23.4 Å². The van der Waals surface area contributed by atoms with Crippen LogP contribution in [0.5, 0.6) is 0 Å². The summed E-state index contributed by atoms with van der Waals surface area (Å²) >= 11 is 7.37. The second kappa shape index (κ2) is 9.26. The van der Waals surface area contributed by atoms with E-state index in [1.165, 1.54) is 11.8 Å². The number of amidine groups is 1. The van der Waals surface area contributed by atoms with Gasteiger partial charge in [0.15, 0.2) is 5.17 Å². The second-order valence-electron chi connectivity index (χ2n) is 6.54. The van der Waals surface area contributed by atoms with Gasteiger partial charge in [-0.25, -0.2) is 4.99 Å². The van der Waals surface area contributed by atoms with Crippen LogP contribution in [0, 0.1) is 6.92 Å². The first-order chi connectivity index (χ1) is 13.5. The van der Waals surface area contributed by atoms with E-state index in [0.717, 1.165) is 17.7 Å². The van der Waals surface area contributed by atoms with Gasteiger partial charge in [0.1, 0.15) is 5.25 Å². The van der Waals surface area contributed by atoms with Crippen LogP contribution in [0.15, 0.2) is 53.5 Å². The molecule has 0 aliphatic carbocycles. The number of carbonyl (C=O) groups is 2. The number of thioether (sulfide) groups is 1. The van der Waals surface area contributed by atoms with Crippen molar-refractivity contribution in [2.45, 2.75) is 31.9 Å². The zero-order valence-electron chi connectivity index (χ0n) is 15.8. The van der Waals surface area contributed by atoms with Gasteiger partial charge in [-0.05, 0) is 43.2 Å². The Morgan fingerprint density at radius 1 is 1.25 bits per heavy atom. The first-order valence-corrected chi connectivity index (χ1v) is 10.4. The van der Waals surface area contributed by atoms with Crippen molar-refractivity contribution in [2.24, 2.45) is 4.99 Å². The average molecular weight is 416 g/mol. The lowest BCUT2D eigenvalue weighted by Crippen LogP contribution is -2.34. The number of benzene rings is 2. The fraction of sp³-hybridized carbons (Fsp3) is 0.286. The van der Waals surface area contributed by atoms with Crippen molar-refractivity contribution in [3.63, 3.8) is 0 Å². The maximum Gasteiger partial charge on any atom is 0.242 e. The molecular weight excluding hydrogens is 394 g/mol. The number of halogens is 1. The van der Waals surface area contributed by atoms with Crippen molar-refractivity contribution in [3.8, 4) is 0 Å². The number of amides is 2. The van der Waals surface area contributed by atoms with Crippen molar-refractivity contribution in [3.05, 3.63) is 59.1 Å². The van der Waals surface area contributed by atoms with Gasteiger partial charge >= 0.3 is 0 Å². The van der Waals surface area contributed by atoms with Gasteiger partial charge in [0.2, 0.25) is 11.8 Å². The lowest BCUT2D eigenvalue weighted by atomic mass is 10.2. The van der Waals surface area contributed by atoms with E-state index in [1.54, 1.807) is 17.0 Å². The molecule has 1 aliphatic heterocycles. The molecule has 5 nitrogen and oxygen atoms in total. The van der Waals surface area contributed by atoms with E-state index in [1.807, 2.05) is 50.2 Å². The molecule has 0 bridgehead atoms. The molecule has 0 saturated carbocycles. The summed E-state index contributed by atoms with van der Waals surface area (Å²) in [5, 5.41) is 3.62. The summed E-state index contributed by atoms with van der Waals surface area (Å²) in [5.74, 6) is -0.256. The Kier molecular flexibility index (Phi) is 6.75. The minimum atomic E-state index is -0.478. The molecule has 1 N–H and O–H groups in total. The SMILES string of the molecule is CCCN1C(=O)[C@H](CC(=O)Nc2ccccc2C)SC1=Nc1cccc(Cl)c1. The van der Waals surface area contributed by atoms with Crippen LogP contribution in [0.2, 0.25) is 5.02 Å². The molecule has 7 heteroatoms. The number of carbonyl (C=O) groups excluding carboxylic acids is 2. The third-order valence-corrected chi connectivity index (χ3v) is 5.70. The van der Waals surface area contributed by atoms with Crippen molar-refractivity contribution in [1.82, 2.24) is 4.90 Å². The molecule has 0 radical (unpaired) electrons. The van der Waals surface area contributed by atoms with Crippen LogP contribution in [-0.2, 0) is 9.59 Å². The van der Waals surface area contributed by atoms with E-state index in [0.29, 0.717) is 22.4 Å². The predicted molar refractivity (Wildman–Crippen MR) is 116 cm³/mol. The van der Waals surface area contributed by atoms with Gasteiger partial charge in [-0.2, -0.15) is 0 Å². The fourth-order valence-electron chi connectivity index (χ4n) is 2.89. The van der Waals surface area contributed by atoms with Gasteiger partial charge in [0.05, 0.1) is 5.69 Å². The standard InChI is InChI=1S/C21H22ClN3O2S/c1-3-11-25-20(27)18(13-19(26)24-17-10-5-4-7-14(17)2)28-21(25)23-16-9-6-8-15(22)12-16/h4-10,12,18H,3,11,13H2,1-2H3,(H,24,26)/t18-/m0/s1. The van der Waals surface area contributed by atoms with Crippen molar-refractivity contribution < 1.29 is 9.59 Å². The third-order valence-electron chi connectivity index (χ3n) is 4.29. The Bertz CT molecular complexity index is 916. The molecule has 2 aromatic carbocycles. The number of hydrogen-bond acceptors (Lipinski definition) is 4. The summed E-state index contributed by atoms with van der Waals surface area (Å²) in [6, 6.07) is 14.8. The quantitative estimate of drug-likeness (QED) is 0.720. The van der Waals surface area contributed by atoms with Crippen LogP contribution in [0.25, 0.3) is 0 Å². The zero-order valence-corrected chi connectivity index (χ0v) is 17.4. The van der Waals surface area contributed by atoms with Crippen LogP contribution in [0.3, 0.4) is 0 Å². The Balaban J connectivity index is 1.74. The summed E-state index contributed by atoms with van der Waals surface area (Å²) < 4.78 is 0. The highest BCUT2D eigenvalue weighted by atomic mass is 35.5. The summed E-state index contributed by atoms with van der Waals surface area (Å²) in [6.07, 6.45) is 0.912. The summed E-state index contributed by atoms with van der Waals surface area (Å²) in [7, 11) is 0. The number of nitrogens with one attached hydrogen (secondary N) is 1. The molecule has 0 unspecified atom stereocenters. The highest BCUT2D eigenvalue weighted by molar-refractivity contribution is 8.15. The van der Waals surface area contributed by atoms with Crippen LogP contribution in [-0.4, -0.2) is 33.7 Å². The van der Waals surface area contributed by atoms with Gasteiger partial charge in [0, 0.05) is 23.7 Å². The number of para-hydroxylation sites is 1. The van der Waals surface area contributed by atoms with E-state index in [2.05, 4.69) is 10.3 Å². The van der Waals surface area contributed by atoms with E-state index >= 15 is 0 Å². The molecule has 28 heavy (non-hydrogen) atoms. The lowest BCUT2D eigenvalue weighted by molar-refractivity contribution is -0.128. The van der Waals surface area contributed by atoms with Gasteiger partial charge in [-0.1, -0.05) is 54.6 Å². The number of aliphatic imine (C=N–C) groups is 1. The monoisotopic (exact) mass is 415 g/mol. The van der Waals surface area contributed by atoms with Gasteiger partial charge in [-0.15, -0.1) is 0 Å². The zero-order chi connectivity index (χ0) is 20.1. The summed E-state index contributed by atoms with van der Waals surface area (Å²) in [5.41, 5.74) is 2.44. The molecule has 1 fully saturated rings. The average Bonchev–Trinajstić information content (AvgIpc) is 2.93. The molecule has 1 saturated heterocycles. The molecule has 1 aliphatic rings. The van der Waals surface area contributed by atoms with Gasteiger partial charge in [-0.3, -0.25) is 14.5 Å².